The summed E-state index contributed by atoms with van der Waals surface area (Å²) in [5.74, 6) is -0.0657. The number of nitrogens with zero attached hydrogens (tertiary/aromatic N) is 1. The molecule has 198 valence electrons. The summed E-state index contributed by atoms with van der Waals surface area (Å²) in [6.45, 7) is 5.75. The van der Waals surface area contributed by atoms with Gasteiger partial charge in [-0.1, -0.05) is 82.3 Å². The second-order valence-electron chi connectivity index (χ2n) is 9.88. The first-order valence-corrected chi connectivity index (χ1v) is 13.5. The maximum Gasteiger partial charge on any atom is 0.343 e. The molecule has 0 aliphatic carbocycles. The van der Waals surface area contributed by atoms with E-state index >= 15 is 0 Å². The number of carbonyl (C=O) groups is 2. The lowest BCUT2D eigenvalue weighted by Crippen LogP contribution is -2.30. The van der Waals surface area contributed by atoms with Crippen LogP contribution in [-0.2, 0) is 11.2 Å². The van der Waals surface area contributed by atoms with Crippen LogP contribution in [0, 0.1) is 16.7 Å². The highest BCUT2D eigenvalue weighted by molar-refractivity contribution is 5.91. The van der Waals surface area contributed by atoms with Crippen molar-refractivity contribution in [1.29, 1.82) is 5.26 Å². The van der Waals surface area contributed by atoms with Gasteiger partial charge >= 0.3 is 11.9 Å². The fourth-order valence-corrected chi connectivity index (χ4v) is 4.26. The molecule has 38 heavy (non-hydrogen) atoms. The normalized spacial score (nSPS) is 12.3. The molecule has 0 aliphatic heterocycles. The average Bonchev–Trinajstić information content (AvgIpc) is 2.94. The summed E-state index contributed by atoms with van der Waals surface area (Å²) in [5, 5.41) is 9.38. The molecule has 3 rings (SSSR count). The molecule has 0 bridgehead atoms. The van der Waals surface area contributed by atoms with Crippen molar-refractivity contribution < 1.29 is 19.1 Å². The minimum Gasteiger partial charge on any atom is -0.425 e. The molecular weight excluding hydrogens is 474 g/mol. The number of nitriles is 1. The first-order valence-electron chi connectivity index (χ1n) is 13.5. The van der Waals surface area contributed by atoms with E-state index in [1.54, 1.807) is 31.2 Å². The van der Waals surface area contributed by atoms with Gasteiger partial charge in [0.05, 0.1) is 11.6 Å². The molecule has 0 heterocycles. The molecule has 0 spiro atoms. The van der Waals surface area contributed by atoms with E-state index in [4.69, 9.17) is 9.47 Å². The molecule has 0 aromatic heterocycles. The molecule has 1 atom stereocenters. The molecule has 0 saturated heterocycles. The number of unbranched alkanes of at least 4 members (excludes halogenated alkanes) is 4. The Labute approximate surface area is 226 Å². The lowest BCUT2D eigenvalue weighted by atomic mass is 9.87. The monoisotopic (exact) mass is 511 g/mol. The van der Waals surface area contributed by atoms with Gasteiger partial charge in [0, 0.05) is 0 Å². The zero-order valence-corrected chi connectivity index (χ0v) is 22.7. The van der Waals surface area contributed by atoms with Gasteiger partial charge in [-0.2, -0.15) is 5.26 Å². The first kappa shape index (κ1) is 28.7. The predicted molar refractivity (Wildman–Crippen MR) is 150 cm³/mol. The van der Waals surface area contributed by atoms with Crippen molar-refractivity contribution in [3.63, 3.8) is 0 Å². The van der Waals surface area contributed by atoms with E-state index in [0.29, 0.717) is 23.5 Å². The SMILES string of the molecule is CCCCCCCc1ccc(C(=O)Oc2ccc(-c3ccc(OC(=O)C(C)(C#N)CCC)cc3)cc2)cc1. The van der Waals surface area contributed by atoms with E-state index < -0.39 is 11.4 Å². The molecule has 0 aliphatic rings. The van der Waals surface area contributed by atoms with Crippen molar-refractivity contribution in [2.24, 2.45) is 5.41 Å². The number of ether oxygens (including phenoxy) is 2. The van der Waals surface area contributed by atoms with Crippen LogP contribution < -0.4 is 9.47 Å². The molecule has 0 radical (unpaired) electrons. The second kappa shape index (κ2) is 14.1. The van der Waals surface area contributed by atoms with E-state index in [1.165, 1.54) is 37.7 Å². The van der Waals surface area contributed by atoms with E-state index in [1.807, 2.05) is 55.5 Å². The minimum absolute atomic E-state index is 0.383. The molecule has 5 nitrogen and oxygen atoms in total. The Morgan fingerprint density at radius 2 is 1.29 bits per heavy atom. The predicted octanol–water partition coefficient (Wildman–Crippen LogP) is 8.32. The van der Waals surface area contributed by atoms with E-state index in [0.717, 1.165) is 24.0 Å². The number of esters is 2. The van der Waals surface area contributed by atoms with Crippen molar-refractivity contribution in [3.05, 3.63) is 83.9 Å². The lowest BCUT2D eigenvalue weighted by molar-refractivity contribution is -0.142. The maximum absolute atomic E-state index is 12.6. The van der Waals surface area contributed by atoms with Crippen molar-refractivity contribution >= 4 is 11.9 Å². The van der Waals surface area contributed by atoms with Crippen LogP contribution in [0.15, 0.2) is 72.8 Å². The highest BCUT2D eigenvalue weighted by Crippen LogP contribution is 2.28. The molecular formula is C33H37NO4. The van der Waals surface area contributed by atoms with E-state index in [-0.39, 0.29) is 5.97 Å². The quantitative estimate of drug-likeness (QED) is 0.131. The summed E-state index contributed by atoms with van der Waals surface area (Å²) in [4.78, 5) is 25.0. The van der Waals surface area contributed by atoms with Gasteiger partial charge in [-0.25, -0.2) is 9.59 Å². The highest BCUT2D eigenvalue weighted by atomic mass is 16.5. The Kier molecular flexibility index (Phi) is 10.7. The van der Waals surface area contributed by atoms with Gasteiger partial charge in [-0.15, -0.1) is 0 Å². The van der Waals surface area contributed by atoms with Crippen LogP contribution in [0.2, 0.25) is 0 Å². The Hall–Kier alpha value is -3.91. The van der Waals surface area contributed by atoms with Crippen LogP contribution in [0.5, 0.6) is 11.5 Å². The van der Waals surface area contributed by atoms with Gasteiger partial charge in [-0.05, 0) is 79.3 Å². The maximum atomic E-state index is 12.6. The Bertz CT molecular complexity index is 1220. The Balaban J connectivity index is 1.54. The largest absolute Gasteiger partial charge is 0.425 e. The fraction of sp³-hybridized carbons (Fsp3) is 0.364. The summed E-state index contributed by atoms with van der Waals surface area (Å²) in [6, 6.07) is 24.1. The van der Waals surface area contributed by atoms with Crippen LogP contribution in [-0.4, -0.2) is 11.9 Å². The summed E-state index contributed by atoms with van der Waals surface area (Å²) in [5.41, 5.74) is 2.46. The van der Waals surface area contributed by atoms with Crippen molar-refractivity contribution in [2.45, 2.75) is 72.1 Å². The van der Waals surface area contributed by atoms with Gasteiger partial charge in [0.25, 0.3) is 0 Å². The topological polar surface area (TPSA) is 76.4 Å². The number of benzene rings is 3. The zero-order chi connectivity index (χ0) is 27.4. The summed E-state index contributed by atoms with van der Waals surface area (Å²) >= 11 is 0. The molecule has 3 aromatic carbocycles. The molecule has 1 unspecified atom stereocenters. The van der Waals surface area contributed by atoms with Crippen molar-refractivity contribution in [2.75, 3.05) is 0 Å². The molecule has 0 amide bonds. The Morgan fingerprint density at radius 3 is 1.82 bits per heavy atom. The van der Waals surface area contributed by atoms with Crippen LogP contribution in [0.1, 0.15) is 81.6 Å². The summed E-state index contributed by atoms with van der Waals surface area (Å²) in [7, 11) is 0. The number of hydrogen-bond donors (Lipinski definition) is 0. The van der Waals surface area contributed by atoms with Crippen molar-refractivity contribution in [3.8, 4) is 28.7 Å². The molecule has 0 fully saturated rings. The van der Waals surface area contributed by atoms with Crippen LogP contribution in [0.3, 0.4) is 0 Å². The smallest absolute Gasteiger partial charge is 0.343 e. The van der Waals surface area contributed by atoms with E-state index in [2.05, 4.69) is 13.0 Å². The third-order valence-electron chi connectivity index (χ3n) is 6.67. The number of aryl methyl sites for hydroxylation is 1. The van der Waals surface area contributed by atoms with Gasteiger partial charge in [0.1, 0.15) is 11.5 Å². The van der Waals surface area contributed by atoms with Gasteiger partial charge in [0.15, 0.2) is 5.41 Å². The van der Waals surface area contributed by atoms with Crippen LogP contribution >= 0.6 is 0 Å². The standard InChI is InChI=1S/C33H37NO4/c1-4-6-7-8-9-10-25-11-13-28(14-12-25)31(35)37-29-19-15-26(16-20-29)27-17-21-30(22-18-27)38-32(36)33(3,24-34)23-5-2/h11-22H,4-10,23H2,1-3H3. The fourth-order valence-electron chi connectivity index (χ4n) is 4.26. The molecule has 5 heteroatoms. The second-order valence-corrected chi connectivity index (χ2v) is 9.88. The van der Waals surface area contributed by atoms with Gasteiger partial charge < -0.3 is 9.47 Å². The van der Waals surface area contributed by atoms with Gasteiger partial charge in [0.2, 0.25) is 0 Å². The summed E-state index contributed by atoms with van der Waals surface area (Å²) in [6.07, 6.45) is 8.42. The van der Waals surface area contributed by atoms with Crippen LogP contribution in [0.4, 0.5) is 0 Å². The third kappa shape index (κ3) is 8.05. The van der Waals surface area contributed by atoms with E-state index in [9.17, 15) is 14.9 Å². The highest BCUT2D eigenvalue weighted by Gasteiger charge is 2.34. The Morgan fingerprint density at radius 1 is 0.737 bits per heavy atom. The van der Waals surface area contributed by atoms with Crippen molar-refractivity contribution in [1.82, 2.24) is 0 Å². The summed E-state index contributed by atoms with van der Waals surface area (Å²) < 4.78 is 11.0. The minimum atomic E-state index is -1.16. The lowest BCUT2D eigenvalue weighted by Gasteiger charge is -2.18. The molecule has 3 aromatic rings. The molecule has 0 saturated carbocycles. The zero-order valence-electron chi connectivity index (χ0n) is 22.7. The van der Waals surface area contributed by atoms with Crippen LogP contribution in [0.25, 0.3) is 11.1 Å². The number of carbonyl (C=O) groups excluding carboxylic acids is 2. The number of rotatable bonds is 13. The first-order chi connectivity index (χ1) is 18.4. The third-order valence-corrected chi connectivity index (χ3v) is 6.67. The molecule has 0 N–H and O–H groups in total. The van der Waals surface area contributed by atoms with Gasteiger partial charge in [-0.3, -0.25) is 0 Å². The number of hydrogen-bond acceptors (Lipinski definition) is 5. The average molecular weight is 512 g/mol.